The molecule has 2 aromatic rings. The molecule has 4 heteroatoms. The molecule has 0 unspecified atom stereocenters. The summed E-state index contributed by atoms with van der Waals surface area (Å²) in [4.78, 5) is 16.7. The highest BCUT2D eigenvalue weighted by atomic mass is 16.5. The molecule has 1 aliphatic heterocycles. The first-order valence-corrected chi connectivity index (χ1v) is 9.11. The van der Waals surface area contributed by atoms with E-state index in [0.29, 0.717) is 19.1 Å². The van der Waals surface area contributed by atoms with Gasteiger partial charge in [-0.15, -0.1) is 0 Å². The van der Waals surface area contributed by atoms with Crippen molar-refractivity contribution in [3.05, 3.63) is 42.0 Å². The summed E-state index contributed by atoms with van der Waals surface area (Å²) in [6.45, 7) is 4.44. The lowest BCUT2D eigenvalue weighted by atomic mass is 10.0. The van der Waals surface area contributed by atoms with E-state index in [0.717, 1.165) is 23.2 Å². The summed E-state index contributed by atoms with van der Waals surface area (Å²) in [5.41, 5.74) is 1.15. The number of hydrogen-bond acceptors (Lipinski definition) is 3. The maximum absolute atomic E-state index is 12.6. The minimum Gasteiger partial charge on any atom is -0.497 e. The zero-order chi connectivity index (χ0) is 17.8. The summed E-state index contributed by atoms with van der Waals surface area (Å²) in [5.74, 6) is 1.06. The van der Waals surface area contributed by atoms with Crippen LogP contribution in [0, 0.1) is 0 Å². The van der Waals surface area contributed by atoms with Gasteiger partial charge in [0.25, 0.3) is 0 Å². The Balaban J connectivity index is 1.64. The molecule has 25 heavy (non-hydrogen) atoms. The number of amides is 1. The number of carbonyl (C=O) groups excluding carboxylic acids is 1. The maximum Gasteiger partial charge on any atom is 0.236 e. The first-order chi connectivity index (χ1) is 12.1. The van der Waals surface area contributed by atoms with E-state index in [9.17, 15) is 4.79 Å². The Kier molecular flexibility index (Phi) is 5.59. The fraction of sp³-hybridized carbons (Fsp3) is 0.476. The van der Waals surface area contributed by atoms with Crippen molar-refractivity contribution in [3.63, 3.8) is 0 Å². The SMILES string of the molecule is COc1ccc2cc(CN(C)C(=O)CN3CCCC[C@H]3C)ccc2c1. The highest BCUT2D eigenvalue weighted by molar-refractivity contribution is 5.84. The van der Waals surface area contributed by atoms with Crippen molar-refractivity contribution in [1.29, 1.82) is 0 Å². The largest absolute Gasteiger partial charge is 0.497 e. The van der Waals surface area contributed by atoms with Crippen LogP contribution in [0.5, 0.6) is 5.75 Å². The molecular weight excluding hydrogens is 312 g/mol. The van der Waals surface area contributed by atoms with Gasteiger partial charge in [-0.05, 0) is 60.8 Å². The Morgan fingerprint density at radius 2 is 1.96 bits per heavy atom. The van der Waals surface area contributed by atoms with Gasteiger partial charge in [0, 0.05) is 19.6 Å². The molecule has 134 valence electrons. The Hall–Kier alpha value is -2.07. The summed E-state index contributed by atoms with van der Waals surface area (Å²) in [6, 6.07) is 12.9. The Bertz CT molecular complexity index is 744. The molecule has 1 fully saturated rings. The number of benzene rings is 2. The van der Waals surface area contributed by atoms with Crippen LogP contribution in [0.25, 0.3) is 10.8 Å². The molecule has 1 saturated heterocycles. The van der Waals surface area contributed by atoms with Crippen LogP contribution in [-0.2, 0) is 11.3 Å². The van der Waals surface area contributed by atoms with Crippen LogP contribution in [0.4, 0.5) is 0 Å². The van der Waals surface area contributed by atoms with E-state index < -0.39 is 0 Å². The van der Waals surface area contributed by atoms with Crippen LogP contribution < -0.4 is 4.74 Å². The predicted octanol–water partition coefficient (Wildman–Crippen LogP) is 3.68. The molecule has 2 aromatic carbocycles. The molecule has 0 aliphatic carbocycles. The van der Waals surface area contributed by atoms with Gasteiger partial charge in [-0.3, -0.25) is 9.69 Å². The summed E-state index contributed by atoms with van der Waals surface area (Å²) < 4.78 is 5.27. The maximum atomic E-state index is 12.6. The van der Waals surface area contributed by atoms with Crippen molar-refractivity contribution in [2.24, 2.45) is 0 Å². The smallest absolute Gasteiger partial charge is 0.236 e. The van der Waals surface area contributed by atoms with Crippen LogP contribution in [0.15, 0.2) is 36.4 Å². The van der Waals surface area contributed by atoms with E-state index in [1.807, 2.05) is 24.1 Å². The number of likely N-dealkylation sites (N-methyl/N-ethyl adjacent to an activating group) is 1. The van der Waals surface area contributed by atoms with E-state index in [1.165, 1.54) is 24.6 Å². The number of methoxy groups -OCH3 is 1. The average molecular weight is 340 g/mol. The normalized spacial score (nSPS) is 18.3. The molecule has 0 bridgehead atoms. The van der Waals surface area contributed by atoms with Gasteiger partial charge in [0.2, 0.25) is 5.91 Å². The Morgan fingerprint density at radius 3 is 2.72 bits per heavy atom. The summed E-state index contributed by atoms with van der Waals surface area (Å²) >= 11 is 0. The molecule has 0 saturated carbocycles. The fourth-order valence-corrected chi connectivity index (χ4v) is 3.55. The van der Waals surface area contributed by atoms with Gasteiger partial charge in [0.15, 0.2) is 0 Å². The molecule has 3 rings (SSSR count). The zero-order valence-electron chi connectivity index (χ0n) is 15.5. The van der Waals surface area contributed by atoms with E-state index in [1.54, 1.807) is 7.11 Å². The molecule has 0 N–H and O–H groups in total. The Labute approximate surface area is 150 Å². The molecule has 1 amide bonds. The number of rotatable bonds is 5. The van der Waals surface area contributed by atoms with Gasteiger partial charge in [-0.2, -0.15) is 0 Å². The van der Waals surface area contributed by atoms with Gasteiger partial charge in [-0.1, -0.05) is 24.6 Å². The van der Waals surface area contributed by atoms with E-state index in [-0.39, 0.29) is 5.91 Å². The van der Waals surface area contributed by atoms with Crippen LogP contribution >= 0.6 is 0 Å². The summed E-state index contributed by atoms with van der Waals surface area (Å²) in [5, 5.41) is 2.32. The van der Waals surface area contributed by atoms with E-state index >= 15 is 0 Å². The average Bonchev–Trinajstić information content (AvgIpc) is 2.63. The molecule has 0 aromatic heterocycles. The van der Waals surface area contributed by atoms with Crippen LogP contribution in [0.2, 0.25) is 0 Å². The number of carbonyl (C=O) groups is 1. The number of piperidine rings is 1. The van der Waals surface area contributed by atoms with Crippen molar-refractivity contribution in [2.45, 2.75) is 38.8 Å². The lowest BCUT2D eigenvalue weighted by Gasteiger charge is -2.33. The van der Waals surface area contributed by atoms with E-state index in [2.05, 4.69) is 36.1 Å². The summed E-state index contributed by atoms with van der Waals surface area (Å²) in [6.07, 6.45) is 3.68. The third kappa shape index (κ3) is 4.31. The van der Waals surface area contributed by atoms with Crippen molar-refractivity contribution >= 4 is 16.7 Å². The number of fused-ring (bicyclic) bond motifs is 1. The topological polar surface area (TPSA) is 32.8 Å². The van der Waals surface area contributed by atoms with Crippen molar-refractivity contribution < 1.29 is 9.53 Å². The van der Waals surface area contributed by atoms with Crippen molar-refractivity contribution in [2.75, 3.05) is 27.2 Å². The molecule has 4 nitrogen and oxygen atoms in total. The lowest BCUT2D eigenvalue weighted by Crippen LogP contribution is -2.44. The van der Waals surface area contributed by atoms with Gasteiger partial charge >= 0.3 is 0 Å². The second-order valence-corrected chi connectivity index (χ2v) is 7.11. The second-order valence-electron chi connectivity index (χ2n) is 7.11. The Morgan fingerprint density at radius 1 is 1.20 bits per heavy atom. The molecule has 1 aliphatic rings. The van der Waals surface area contributed by atoms with Crippen LogP contribution in [0.3, 0.4) is 0 Å². The molecule has 1 atom stereocenters. The van der Waals surface area contributed by atoms with Crippen molar-refractivity contribution in [3.8, 4) is 5.75 Å². The van der Waals surface area contributed by atoms with Crippen molar-refractivity contribution in [1.82, 2.24) is 9.80 Å². The van der Waals surface area contributed by atoms with Gasteiger partial charge in [-0.25, -0.2) is 0 Å². The van der Waals surface area contributed by atoms with Gasteiger partial charge in [0.05, 0.1) is 13.7 Å². The third-order valence-electron chi connectivity index (χ3n) is 5.24. The number of nitrogens with zero attached hydrogens (tertiary/aromatic N) is 2. The molecule has 1 heterocycles. The molecule has 0 spiro atoms. The third-order valence-corrected chi connectivity index (χ3v) is 5.24. The molecular formula is C21H28N2O2. The highest BCUT2D eigenvalue weighted by Gasteiger charge is 2.22. The zero-order valence-corrected chi connectivity index (χ0v) is 15.5. The quantitative estimate of drug-likeness (QED) is 0.832. The summed E-state index contributed by atoms with van der Waals surface area (Å²) in [7, 11) is 3.58. The molecule has 0 radical (unpaired) electrons. The number of ether oxygens (including phenoxy) is 1. The minimum absolute atomic E-state index is 0.198. The fourth-order valence-electron chi connectivity index (χ4n) is 3.55. The number of likely N-dealkylation sites (tertiary alicyclic amines) is 1. The highest BCUT2D eigenvalue weighted by Crippen LogP contribution is 2.22. The van der Waals surface area contributed by atoms with E-state index in [4.69, 9.17) is 4.74 Å². The predicted molar refractivity (Wildman–Crippen MR) is 102 cm³/mol. The van der Waals surface area contributed by atoms with Gasteiger partial charge < -0.3 is 9.64 Å². The standard InChI is InChI=1S/C21H28N2O2/c1-16-6-4-5-11-23(16)15-21(24)22(2)14-17-7-8-19-13-20(25-3)10-9-18(19)12-17/h7-10,12-13,16H,4-6,11,14-15H2,1-3H3/t16-/m1/s1. The first kappa shape index (κ1) is 17.7. The first-order valence-electron chi connectivity index (χ1n) is 9.11. The lowest BCUT2D eigenvalue weighted by molar-refractivity contribution is -0.132. The van der Waals surface area contributed by atoms with Crippen LogP contribution in [0.1, 0.15) is 31.7 Å². The van der Waals surface area contributed by atoms with Crippen LogP contribution in [-0.4, -0.2) is 49.0 Å². The van der Waals surface area contributed by atoms with Gasteiger partial charge in [0.1, 0.15) is 5.75 Å². The monoisotopic (exact) mass is 340 g/mol. The number of hydrogen-bond donors (Lipinski definition) is 0. The second kappa shape index (κ2) is 7.87. The minimum atomic E-state index is 0.198.